The molecule has 2 aliphatic rings. The lowest BCUT2D eigenvalue weighted by Gasteiger charge is -2.36. The molecule has 1 amide bonds. The molecule has 1 saturated heterocycles. The van der Waals surface area contributed by atoms with E-state index in [1.807, 2.05) is 39.9 Å². The van der Waals surface area contributed by atoms with E-state index in [9.17, 15) is 9.18 Å². The average Bonchev–Trinajstić information content (AvgIpc) is 3.32. The predicted molar refractivity (Wildman–Crippen MR) is 127 cm³/mol. The van der Waals surface area contributed by atoms with Crippen LogP contribution in [0.1, 0.15) is 34.2 Å². The number of fused-ring (bicyclic) bond motifs is 1. The lowest BCUT2D eigenvalue weighted by molar-refractivity contribution is 0.0741. The van der Waals surface area contributed by atoms with Gasteiger partial charge in [0.15, 0.2) is 0 Å². The molecule has 3 aromatic rings. The van der Waals surface area contributed by atoms with Gasteiger partial charge in [0.2, 0.25) is 0 Å². The number of amides is 1. The maximum Gasteiger partial charge on any atom is 0.274 e. The van der Waals surface area contributed by atoms with E-state index in [1.165, 1.54) is 6.07 Å². The first-order valence-electron chi connectivity index (χ1n) is 11.6. The zero-order valence-corrected chi connectivity index (χ0v) is 19.5. The van der Waals surface area contributed by atoms with E-state index < -0.39 is 0 Å². The van der Waals surface area contributed by atoms with Crippen LogP contribution in [0.4, 0.5) is 10.1 Å². The first-order valence-corrected chi connectivity index (χ1v) is 11.6. The minimum atomic E-state index is -0.268. The second-order valence-electron chi connectivity index (χ2n) is 8.77. The fraction of sp³-hybridized carbons (Fsp3) is 0.385. The molecule has 5 rings (SSSR count). The van der Waals surface area contributed by atoms with Crippen LogP contribution in [0.15, 0.2) is 48.7 Å². The minimum Gasteiger partial charge on any atom is -0.496 e. The van der Waals surface area contributed by atoms with Gasteiger partial charge < -0.3 is 23.8 Å². The van der Waals surface area contributed by atoms with Crippen molar-refractivity contribution in [2.45, 2.75) is 25.3 Å². The highest BCUT2D eigenvalue weighted by atomic mass is 19.1. The van der Waals surface area contributed by atoms with E-state index in [-0.39, 0.29) is 17.6 Å². The topological polar surface area (TPSA) is 59.8 Å². The van der Waals surface area contributed by atoms with E-state index in [2.05, 4.69) is 9.88 Å². The highest BCUT2D eigenvalue weighted by Gasteiger charge is 2.29. The van der Waals surface area contributed by atoms with Gasteiger partial charge in [0.1, 0.15) is 28.8 Å². The monoisotopic (exact) mass is 464 g/mol. The summed E-state index contributed by atoms with van der Waals surface area (Å²) in [5.41, 5.74) is 2.39. The van der Waals surface area contributed by atoms with Crippen LogP contribution in [0.5, 0.6) is 11.5 Å². The number of anilines is 1. The second-order valence-corrected chi connectivity index (χ2v) is 8.77. The number of imidazole rings is 1. The molecule has 0 N–H and O–H groups in total. The van der Waals surface area contributed by atoms with Crippen LogP contribution < -0.4 is 14.4 Å². The maximum absolute atomic E-state index is 13.9. The van der Waals surface area contributed by atoms with Crippen LogP contribution in [0.25, 0.3) is 0 Å². The highest BCUT2D eigenvalue weighted by Crippen LogP contribution is 2.35. The van der Waals surface area contributed by atoms with Gasteiger partial charge in [-0.15, -0.1) is 0 Å². The maximum atomic E-state index is 13.9. The molecule has 3 heterocycles. The van der Waals surface area contributed by atoms with E-state index in [0.717, 1.165) is 48.8 Å². The molecule has 0 saturated carbocycles. The van der Waals surface area contributed by atoms with Crippen LogP contribution in [0.2, 0.25) is 0 Å². The Kier molecular flexibility index (Phi) is 6.13. The van der Waals surface area contributed by atoms with Gasteiger partial charge in [0.05, 0.1) is 19.9 Å². The number of aryl methyl sites for hydroxylation is 1. The summed E-state index contributed by atoms with van der Waals surface area (Å²) in [7, 11) is 3.28. The third kappa shape index (κ3) is 4.20. The standard InChI is InChI=1S/C26H29FN4O3/c1-33-23-9-8-19(27)15-20(23)18-7-10-25-28-21(17-31(25)16-18)26(32)30-13-11-29(12-14-30)22-5-3-4-6-24(22)34-2/h3-6,8-9,15,17-18H,7,10-14,16H2,1-2H3/t18-/m1/s1. The van der Waals surface area contributed by atoms with Crippen molar-refractivity contribution in [1.29, 1.82) is 0 Å². The Morgan fingerprint density at radius 2 is 1.79 bits per heavy atom. The minimum absolute atomic E-state index is 0.0403. The van der Waals surface area contributed by atoms with Crippen molar-refractivity contribution in [1.82, 2.24) is 14.5 Å². The predicted octanol–water partition coefficient (Wildman–Crippen LogP) is 3.73. The Labute approximate surface area is 198 Å². The molecule has 34 heavy (non-hydrogen) atoms. The normalized spacial score (nSPS) is 17.9. The Balaban J connectivity index is 1.27. The lowest BCUT2D eigenvalue weighted by atomic mass is 9.91. The van der Waals surface area contributed by atoms with Gasteiger partial charge in [0.25, 0.3) is 5.91 Å². The molecule has 0 bridgehead atoms. The number of nitrogens with zero attached hydrogens (tertiary/aromatic N) is 4. The summed E-state index contributed by atoms with van der Waals surface area (Å²) in [6, 6.07) is 12.6. The Morgan fingerprint density at radius 3 is 2.56 bits per heavy atom. The second kappa shape index (κ2) is 9.37. The van der Waals surface area contributed by atoms with Crippen molar-refractivity contribution in [3.63, 3.8) is 0 Å². The molecule has 0 unspecified atom stereocenters. The van der Waals surface area contributed by atoms with Crippen molar-refractivity contribution in [3.05, 3.63) is 71.6 Å². The van der Waals surface area contributed by atoms with Crippen molar-refractivity contribution < 1.29 is 18.7 Å². The van der Waals surface area contributed by atoms with E-state index in [4.69, 9.17) is 9.47 Å². The number of hydrogen-bond acceptors (Lipinski definition) is 5. The third-order valence-electron chi connectivity index (χ3n) is 6.84. The van der Waals surface area contributed by atoms with Gasteiger partial charge in [0, 0.05) is 56.8 Å². The van der Waals surface area contributed by atoms with E-state index >= 15 is 0 Å². The van der Waals surface area contributed by atoms with Crippen LogP contribution in [-0.2, 0) is 13.0 Å². The zero-order valence-electron chi connectivity index (χ0n) is 19.5. The van der Waals surface area contributed by atoms with Gasteiger partial charge in [-0.1, -0.05) is 12.1 Å². The van der Waals surface area contributed by atoms with Gasteiger partial charge in [-0.3, -0.25) is 4.79 Å². The number of benzene rings is 2. The molecular formula is C26H29FN4O3. The van der Waals surface area contributed by atoms with Gasteiger partial charge >= 0.3 is 0 Å². The van der Waals surface area contributed by atoms with Crippen molar-refractivity contribution in [2.24, 2.45) is 0 Å². The molecule has 0 spiro atoms. The summed E-state index contributed by atoms with van der Waals surface area (Å²) in [6.45, 7) is 3.38. The molecule has 8 heteroatoms. The molecule has 1 fully saturated rings. The van der Waals surface area contributed by atoms with Crippen LogP contribution in [0, 0.1) is 5.82 Å². The van der Waals surface area contributed by atoms with Crippen LogP contribution in [-0.4, -0.2) is 60.8 Å². The Hall–Kier alpha value is -3.55. The van der Waals surface area contributed by atoms with Crippen molar-refractivity contribution in [3.8, 4) is 11.5 Å². The summed E-state index contributed by atoms with van der Waals surface area (Å²) in [5, 5.41) is 0. The molecule has 0 radical (unpaired) electrons. The molecule has 2 aliphatic heterocycles. The Bertz CT molecular complexity index is 1190. The number of carbonyl (C=O) groups is 1. The highest BCUT2D eigenvalue weighted by molar-refractivity contribution is 5.92. The largest absolute Gasteiger partial charge is 0.496 e. The molecule has 1 aromatic heterocycles. The number of hydrogen-bond donors (Lipinski definition) is 0. The third-order valence-corrected chi connectivity index (χ3v) is 6.84. The summed E-state index contributed by atoms with van der Waals surface area (Å²) in [4.78, 5) is 22.0. The van der Waals surface area contributed by atoms with Crippen molar-refractivity contribution in [2.75, 3.05) is 45.3 Å². The zero-order chi connectivity index (χ0) is 23.7. The number of piperazine rings is 1. The average molecular weight is 465 g/mol. The summed E-state index contributed by atoms with van der Waals surface area (Å²) < 4.78 is 26.9. The van der Waals surface area contributed by atoms with E-state index in [0.29, 0.717) is 31.1 Å². The van der Waals surface area contributed by atoms with Gasteiger partial charge in [-0.2, -0.15) is 0 Å². The molecule has 2 aromatic carbocycles. The molecule has 0 aliphatic carbocycles. The van der Waals surface area contributed by atoms with Gasteiger partial charge in [-0.05, 0) is 36.8 Å². The SMILES string of the molecule is COc1ccc(F)cc1[C@@H]1CCc2nc(C(=O)N3CCN(c4ccccc4OC)CC3)cn2C1. The first-order chi connectivity index (χ1) is 16.6. The van der Waals surface area contributed by atoms with Gasteiger partial charge in [-0.25, -0.2) is 9.37 Å². The Morgan fingerprint density at radius 1 is 1.03 bits per heavy atom. The summed E-state index contributed by atoms with van der Waals surface area (Å²) >= 11 is 0. The summed E-state index contributed by atoms with van der Waals surface area (Å²) in [6.07, 6.45) is 3.42. The number of ether oxygens (including phenoxy) is 2. The number of carbonyl (C=O) groups excluding carboxylic acids is 1. The number of rotatable bonds is 5. The molecule has 7 nitrogen and oxygen atoms in total. The molecule has 1 atom stereocenters. The van der Waals surface area contributed by atoms with Crippen molar-refractivity contribution >= 4 is 11.6 Å². The van der Waals surface area contributed by atoms with Crippen LogP contribution in [0.3, 0.4) is 0 Å². The fourth-order valence-corrected chi connectivity index (χ4v) is 5.03. The quantitative estimate of drug-likeness (QED) is 0.576. The number of methoxy groups -OCH3 is 2. The number of para-hydroxylation sites is 2. The smallest absolute Gasteiger partial charge is 0.274 e. The van der Waals surface area contributed by atoms with Crippen LogP contribution >= 0.6 is 0 Å². The number of aromatic nitrogens is 2. The first kappa shape index (κ1) is 22.3. The molecular weight excluding hydrogens is 435 g/mol. The summed E-state index contributed by atoms with van der Waals surface area (Å²) in [5.74, 6) is 2.24. The number of halogens is 1. The molecule has 178 valence electrons. The van der Waals surface area contributed by atoms with E-state index in [1.54, 1.807) is 26.4 Å². The lowest BCUT2D eigenvalue weighted by Crippen LogP contribution is -2.49. The fourth-order valence-electron chi connectivity index (χ4n) is 5.03.